The van der Waals surface area contributed by atoms with Gasteiger partial charge >= 0.3 is 6.03 Å². The summed E-state index contributed by atoms with van der Waals surface area (Å²) in [4.78, 5) is 25.7. The summed E-state index contributed by atoms with van der Waals surface area (Å²) in [6, 6.07) is 8.71. The summed E-state index contributed by atoms with van der Waals surface area (Å²) >= 11 is 0. The zero-order chi connectivity index (χ0) is 17.1. The Morgan fingerprint density at radius 1 is 1.29 bits per heavy atom. The first kappa shape index (κ1) is 16.0. The molecule has 24 heavy (non-hydrogen) atoms. The first-order valence-electron chi connectivity index (χ1n) is 7.86. The Labute approximate surface area is 140 Å². The fraction of sp³-hybridized carbons (Fsp3) is 0.353. The van der Waals surface area contributed by atoms with E-state index in [1.807, 2.05) is 6.92 Å². The van der Waals surface area contributed by atoms with Gasteiger partial charge in [0.1, 0.15) is 11.5 Å². The summed E-state index contributed by atoms with van der Waals surface area (Å²) in [6.07, 6.45) is 2.08. The van der Waals surface area contributed by atoms with Crippen molar-refractivity contribution >= 4 is 17.6 Å². The van der Waals surface area contributed by atoms with Gasteiger partial charge in [-0.3, -0.25) is 4.79 Å². The summed E-state index contributed by atoms with van der Waals surface area (Å²) in [5, 5.41) is 9.48. The number of benzene rings is 1. The number of nitrogens with one attached hydrogen (secondary N) is 2. The molecular formula is C17H20N4O3. The highest BCUT2D eigenvalue weighted by atomic mass is 16.5. The SMILES string of the molecule is Cc1cc(CN(C)C(=O)c2ccc(NC(=O)NC3CC3)cc2)no1. The van der Waals surface area contributed by atoms with Crippen LogP contribution in [0.5, 0.6) is 0 Å². The molecule has 1 aliphatic carbocycles. The smallest absolute Gasteiger partial charge is 0.319 e. The molecule has 1 heterocycles. The van der Waals surface area contributed by atoms with E-state index in [2.05, 4.69) is 15.8 Å². The lowest BCUT2D eigenvalue weighted by Crippen LogP contribution is -2.30. The minimum absolute atomic E-state index is 0.121. The maximum absolute atomic E-state index is 12.4. The standard InChI is InChI=1S/C17H20N4O3/c1-11-9-15(20-24-11)10-21(2)16(22)12-3-5-13(6-4-12)18-17(23)19-14-7-8-14/h3-6,9,14H,7-8,10H2,1-2H3,(H2,18,19,23). The van der Waals surface area contributed by atoms with E-state index in [1.54, 1.807) is 42.3 Å². The van der Waals surface area contributed by atoms with Crippen LogP contribution in [0.2, 0.25) is 0 Å². The zero-order valence-corrected chi connectivity index (χ0v) is 13.7. The summed E-state index contributed by atoms with van der Waals surface area (Å²) in [5.74, 6) is 0.593. The number of aryl methyl sites for hydroxylation is 1. The molecule has 0 radical (unpaired) electrons. The Hall–Kier alpha value is -2.83. The van der Waals surface area contributed by atoms with Gasteiger partial charge in [0, 0.05) is 30.4 Å². The monoisotopic (exact) mass is 328 g/mol. The van der Waals surface area contributed by atoms with Crippen molar-refractivity contribution in [1.29, 1.82) is 0 Å². The van der Waals surface area contributed by atoms with Crippen molar-refractivity contribution in [2.45, 2.75) is 32.4 Å². The third kappa shape index (κ3) is 4.13. The molecule has 3 rings (SSSR count). The molecule has 0 aliphatic heterocycles. The fourth-order valence-corrected chi connectivity index (χ4v) is 2.30. The van der Waals surface area contributed by atoms with E-state index in [4.69, 9.17) is 4.52 Å². The maximum Gasteiger partial charge on any atom is 0.319 e. The lowest BCUT2D eigenvalue weighted by Gasteiger charge is -2.16. The molecule has 1 saturated carbocycles. The van der Waals surface area contributed by atoms with Crippen LogP contribution in [0.3, 0.4) is 0 Å². The highest BCUT2D eigenvalue weighted by molar-refractivity contribution is 5.95. The molecule has 0 unspecified atom stereocenters. The Kier molecular flexibility index (Phi) is 4.50. The van der Waals surface area contributed by atoms with Crippen molar-refractivity contribution in [3.05, 3.63) is 47.3 Å². The van der Waals surface area contributed by atoms with E-state index in [1.165, 1.54) is 0 Å². The van der Waals surface area contributed by atoms with Crippen molar-refractivity contribution in [2.75, 3.05) is 12.4 Å². The first-order chi connectivity index (χ1) is 11.5. The molecule has 7 heteroatoms. The second-order valence-corrected chi connectivity index (χ2v) is 6.04. The average Bonchev–Trinajstić information content (AvgIpc) is 3.27. The minimum Gasteiger partial charge on any atom is -0.361 e. The second kappa shape index (κ2) is 6.74. The highest BCUT2D eigenvalue weighted by Gasteiger charge is 2.23. The summed E-state index contributed by atoms with van der Waals surface area (Å²) in [7, 11) is 1.71. The number of nitrogens with zero attached hydrogens (tertiary/aromatic N) is 2. The van der Waals surface area contributed by atoms with E-state index in [-0.39, 0.29) is 11.9 Å². The number of urea groups is 1. The molecule has 1 fully saturated rings. The van der Waals surface area contributed by atoms with E-state index in [0.717, 1.165) is 12.8 Å². The number of carbonyl (C=O) groups excluding carboxylic acids is 2. The van der Waals surface area contributed by atoms with Crippen LogP contribution in [-0.4, -0.2) is 35.1 Å². The van der Waals surface area contributed by atoms with Crippen LogP contribution in [0.4, 0.5) is 10.5 Å². The van der Waals surface area contributed by atoms with Crippen LogP contribution in [0.15, 0.2) is 34.9 Å². The van der Waals surface area contributed by atoms with Gasteiger partial charge < -0.3 is 20.1 Å². The molecule has 126 valence electrons. The van der Waals surface area contributed by atoms with Gasteiger partial charge in [-0.15, -0.1) is 0 Å². The third-order valence-corrected chi connectivity index (χ3v) is 3.72. The van der Waals surface area contributed by atoms with Crippen LogP contribution in [0, 0.1) is 6.92 Å². The molecule has 2 N–H and O–H groups in total. The van der Waals surface area contributed by atoms with E-state index >= 15 is 0 Å². The lowest BCUT2D eigenvalue weighted by atomic mass is 10.2. The molecule has 0 atom stereocenters. The molecule has 0 bridgehead atoms. The Morgan fingerprint density at radius 3 is 2.58 bits per heavy atom. The quantitative estimate of drug-likeness (QED) is 0.883. The molecule has 2 aromatic rings. The number of anilines is 1. The van der Waals surface area contributed by atoms with Gasteiger partial charge in [0.05, 0.1) is 6.54 Å². The summed E-state index contributed by atoms with van der Waals surface area (Å²) < 4.78 is 5.00. The van der Waals surface area contributed by atoms with Crippen LogP contribution in [0.25, 0.3) is 0 Å². The molecule has 1 aromatic heterocycles. The number of carbonyl (C=O) groups is 2. The van der Waals surface area contributed by atoms with Gasteiger partial charge in [0.2, 0.25) is 0 Å². The first-order valence-corrected chi connectivity index (χ1v) is 7.86. The molecule has 1 aliphatic rings. The average molecular weight is 328 g/mol. The van der Waals surface area contributed by atoms with Crippen LogP contribution < -0.4 is 10.6 Å². The van der Waals surface area contributed by atoms with Gasteiger partial charge in [-0.05, 0) is 44.0 Å². The Morgan fingerprint density at radius 2 is 2.00 bits per heavy atom. The van der Waals surface area contributed by atoms with Gasteiger partial charge in [-0.25, -0.2) is 4.79 Å². The molecule has 0 saturated heterocycles. The second-order valence-electron chi connectivity index (χ2n) is 6.04. The Bertz CT molecular complexity index is 735. The van der Waals surface area contributed by atoms with Crippen molar-refractivity contribution in [1.82, 2.24) is 15.4 Å². The molecular weight excluding hydrogens is 308 g/mol. The number of aromatic nitrogens is 1. The Balaban J connectivity index is 1.57. The normalized spacial score (nSPS) is 13.4. The largest absolute Gasteiger partial charge is 0.361 e. The van der Waals surface area contributed by atoms with Crippen molar-refractivity contribution < 1.29 is 14.1 Å². The molecule has 7 nitrogen and oxygen atoms in total. The van der Waals surface area contributed by atoms with Crippen LogP contribution in [0.1, 0.15) is 34.7 Å². The molecule has 1 aromatic carbocycles. The topological polar surface area (TPSA) is 87.5 Å². The predicted molar refractivity (Wildman–Crippen MR) is 88.7 cm³/mol. The lowest BCUT2D eigenvalue weighted by molar-refractivity contribution is 0.0782. The van der Waals surface area contributed by atoms with Gasteiger partial charge in [-0.2, -0.15) is 0 Å². The number of hydrogen-bond donors (Lipinski definition) is 2. The van der Waals surface area contributed by atoms with E-state index < -0.39 is 0 Å². The number of hydrogen-bond acceptors (Lipinski definition) is 4. The van der Waals surface area contributed by atoms with E-state index in [9.17, 15) is 9.59 Å². The predicted octanol–water partition coefficient (Wildman–Crippen LogP) is 2.54. The summed E-state index contributed by atoms with van der Waals surface area (Å²) in [6.45, 7) is 2.18. The number of rotatable bonds is 5. The highest BCUT2D eigenvalue weighted by Crippen LogP contribution is 2.19. The summed E-state index contributed by atoms with van der Waals surface area (Å²) in [5.41, 5.74) is 1.91. The molecule has 0 spiro atoms. The fourth-order valence-electron chi connectivity index (χ4n) is 2.30. The third-order valence-electron chi connectivity index (χ3n) is 3.72. The van der Waals surface area contributed by atoms with Crippen LogP contribution in [-0.2, 0) is 6.54 Å². The van der Waals surface area contributed by atoms with E-state index in [0.29, 0.717) is 35.3 Å². The number of amides is 3. The van der Waals surface area contributed by atoms with Gasteiger partial charge in [-0.1, -0.05) is 5.16 Å². The van der Waals surface area contributed by atoms with Crippen LogP contribution >= 0.6 is 0 Å². The molecule has 3 amide bonds. The zero-order valence-electron chi connectivity index (χ0n) is 13.7. The van der Waals surface area contributed by atoms with Gasteiger partial charge in [0.15, 0.2) is 0 Å². The maximum atomic E-state index is 12.4. The van der Waals surface area contributed by atoms with Gasteiger partial charge in [0.25, 0.3) is 5.91 Å². The minimum atomic E-state index is -0.213. The van der Waals surface area contributed by atoms with Crippen molar-refractivity contribution in [3.8, 4) is 0 Å². The van der Waals surface area contributed by atoms with Crippen molar-refractivity contribution in [2.24, 2.45) is 0 Å². The van der Waals surface area contributed by atoms with Crippen molar-refractivity contribution in [3.63, 3.8) is 0 Å².